The fourth-order valence-corrected chi connectivity index (χ4v) is 6.51. The molecular weight excluding hydrogens is 492 g/mol. The minimum absolute atomic E-state index is 0.136. The van der Waals surface area contributed by atoms with E-state index in [1.54, 1.807) is 18.2 Å². The molecule has 0 bridgehead atoms. The molecule has 0 saturated heterocycles. The van der Waals surface area contributed by atoms with Crippen LogP contribution in [0.15, 0.2) is 82.8 Å². The number of aryl methyl sites for hydroxylation is 1. The average Bonchev–Trinajstić information content (AvgIpc) is 3.25. The van der Waals surface area contributed by atoms with Crippen LogP contribution in [0.2, 0.25) is 0 Å². The summed E-state index contributed by atoms with van der Waals surface area (Å²) in [6.07, 6.45) is 0. The Morgan fingerprint density at radius 1 is 0.972 bits per heavy atom. The standard InChI is InChI=1S/C27H30N4O3S2/c1-4-30(5-2)36(33,34)21-16-17-25-24(18-21)29-27(31(25)6-3)35-19-26(32)28-23-15-11-10-14-22(23)20-12-8-7-9-13-20/h7-18H,4-6,19H2,1-3H3,(H,28,32). The Bertz CT molecular complexity index is 1460. The zero-order valence-corrected chi connectivity index (χ0v) is 22.3. The molecule has 3 aromatic carbocycles. The summed E-state index contributed by atoms with van der Waals surface area (Å²) < 4.78 is 29.3. The summed E-state index contributed by atoms with van der Waals surface area (Å²) in [4.78, 5) is 17.8. The smallest absolute Gasteiger partial charge is 0.243 e. The molecule has 188 valence electrons. The third-order valence-corrected chi connectivity index (χ3v) is 8.98. The van der Waals surface area contributed by atoms with Crippen molar-refractivity contribution in [1.29, 1.82) is 0 Å². The topological polar surface area (TPSA) is 84.3 Å². The number of nitrogens with one attached hydrogen (secondary N) is 1. The molecule has 0 atom stereocenters. The predicted molar refractivity (Wildman–Crippen MR) is 147 cm³/mol. The van der Waals surface area contributed by atoms with Crippen molar-refractivity contribution >= 4 is 44.4 Å². The lowest BCUT2D eigenvalue weighted by molar-refractivity contribution is -0.113. The highest BCUT2D eigenvalue weighted by molar-refractivity contribution is 7.99. The van der Waals surface area contributed by atoms with Crippen LogP contribution in [0.25, 0.3) is 22.2 Å². The van der Waals surface area contributed by atoms with E-state index < -0.39 is 10.0 Å². The van der Waals surface area contributed by atoms with Crippen LogP contribution in [0.3, 0.4) is 0 Å². The van der Waals surface area contributed by atoms with E-state index in [0.717, 1.165) is 22.3 Å². The Labute approximate surface area is 216 Å². The van der Waals surface area contributed by atoms with Gasteiger partial charge in [0.05, 0.1) is 21.7 Å². The molecule has 0 unspecified atom stereocenters. The molecular formula is C27H30N4O3S2. The summed E-state index contributed by atoms with van der Waals surface area (Å²) in [5.74, 6) is 0.0414. The van der Waals surface area contributed by atoms with Gasteiger partial charge in [-0.1, -0.05) is 74.1 Å². The van der Waals surface area contributed by atoms with Crippen LogP contribution in [-0.4, -0.2) is 47.0 Å². The van der Waals surface area contributed by atoms with E-state index in [1.807, 2.05) is 79.9 Å². The molecule has 9 heteroatoms. The number of benzene rings is 3. The van der Waals surface area contributed by atoms with Gasteiger partial charge < -0.3 is 9.88 Å². The first-order chi connectivity index (χ1) is 17.4. The van der Waals surface area contributed by atoms with Gasteiger partial charge in [0.2, 0.25) is 15.9 Å². The van der Waals surface area contributed by atoms with Gasteiger partial charge in [0.15, 0.2) is 5.16 Å². The van der Waals surface area contributed by atoms with E-state index in [0.29, 0.717) is 30.3 Å². The largest absolute Gasteiger partial charge is 0.325 e. The van der Waals surface area contributed by atoms with Crippen molar-refractivity contribution in [1.82, 2.24) is 13.9 Å². The predicted octanol–water partition coefficient (Wildman–Crippen LogP) is 5.48. The van der Waals surface area contributed by atoms with Gasteiger partial charge in [-0.15, -0.1) is 0 Å². The molecule has 4 rings (SSSR count). The quantitative estimate of drug-likeness (QED) is 0.279. The van der Waals surface area contributed by atoms with Crippen LogP contribution >= 0.6 is 11.8 Å². The Kier molecular flexibility index (Phi) is 8.13. The van der Waals surface area contributed by atoms with Gasteiger partial charge in [-0.05, 0) is 36.8 Å². The van der Waals surface area contributed by atoms with E-state index in [2.05, 4.69) is 10.3 Å². The molecule has 1 aromatic heterocycles. The second-order valence-corrected chi connectivity index (χ2v) is 11.0. The number of thioether (sulfide) groups is 1. The summed E-state index contributed by atoms with van der Waals surface area (Å²) in [6, 6.07) is 22.7. The minimum Gasteiger partial charge on any atom is -0.325 e. The Morgan fingerprint density at radius 2 is 1.67 bits per heavy atom. The zero-order chi connectivity index (χ0) is 25.7. The van der Waals surface area contributed by atoms with E-state index in [1.165, 1.54) is 16.1 Å². The van der Waals surface area contributed by atoms with Gasteiger partial charge in [-0.3, -0.25) is 4.79 Å². The number of carbonyl (C=O) groups excluding carboxylic acids is 1. The Morgan fingerprint density at radius 3 is 2.36 bits per heavy atom. The highest BCUT2D eigenvalue weighted by Gasteiger charge is 2.23. The van der Waals surface area contributed by atoms with Gasteiger partial charge in [-0.25, -0.2) is 13.4 Å². The van der Waals surface area contributed by atoms with Gasteiger partial charge >= 0.3 is 0 Å². The van der Waals surface area contributed by atoms with Crippen LogP contribution < -0.4 is 5.32 Å². The minimum atomic E-state index is -3.58. The average molecular weight is 523 g/mol. The molecule has 1 amide bonds. The van der Waals surface area contributed by atoms with Crippen molar-refractivity contribution in [2.24, 2.45) is 0 Å². The molecule has 1 N–H and O–H groups in total. The summed E-state index contributed by atoms with van der Waals surface area (Å²) in [7, 11) is -3.58. The summed E-state index contributed by atoms with van der Waals surface area (Å²) in [5.41, 5.74) is 4.18. The number of hydrogen-bond donors (Lipinski definition) is 1. The molecule has 0 saturated carbocycles. The second kappa shape index (κ2) is 11.3. The van der Waals surface area contributed by atoms with E-state index >= 15 is 0 Å². The number of nitrogens with zero attached hydrogens (tertiary/aromatic N) is 3. The van der Waals surface area contributed by atoms with E-state index in [4.69, 9.17) is 0 Å². The number of sulfonamides is 1. The number of carbonyl (C=O) groups is 1. The fourth-order valence-electron chi connectivity index (χ4n) is 4.15. The van der Waals surface area contributed by atoms with E-state index in [9.17, 15) is 13.2 Å². The number of aromatic nitrogens is 2. The number of rotatable bonds is 10. The van der Waals surface area contributed by atoms with E-state index in [-0.39, 0.29) is 16.6 Å². The maximum Gasteiger partial charge on any atom is 0.243 e. The monoisotopic (exact) mass is 522 g/mol. The molecule has 4 aromatic rings. The fraction of sp³-hybridized carbons (Fsp3) is 0.259. The Balaban J connectivity index is 1.53. The third kappa shape index (κ3) is 5.33. The van der Waals surface area contributed by atoms with Crippen LogP contribution in [0.4, 0.5) is 5.69 Å². The molecule has 0 aliphatic rings. The van der Waals surface area contributed by atoms with Crippen LogP contribution in [0.1, 0.15) is 20.8 Å². The summed E-state index contributed by atoms with van der Waals surface area (Å²) >= 11 is 1.34. The molecule has 7 nitrogen and oxygen atoms in total. The van der Waals surface area contributed by atoms with Gasteiger partial charge in [-0.2, -0.15) is 4.31 Å². The number of fused-ring (bicyclic) bond motifs is 1. The SMILES string of the molecule is CCN(CC)S(=O)(=O)c1ccc2c(c1)nc(SCC(=O)Nc1ccccc1-c1ccccc1)n2CC. The first-order valence-electron chi connectivity index (χ1n) is 12.0. The number of amides is 1. The van der Waals surface area contributed by atoms with Gasteiger partial charge in [0.1, 0.15) is 0 Å². The number of anilines is 1. The lowest BCUT2D eigenvalue weighted by Crippen LogP contribution is -2.30. The second-order valence-electron chi connectivity index (χ2n) is 8.13. The molecule has 0 aliphatic heterocycles. The zero-order valence-electron chi connectivity index (χ0n) is 20.6. The molecule has 0 spiro atoms. The van der Waals surface area contributed by atoms with Crippen LogP contribution in [0, 0.1) is 0 Å². The maximum absolute atomic E-state index is 13.0. The van der Waals surface area contributed by atoms with Crippen molar-refractivity contribution < 1.29 is 13.2 Å². The van der Waals surface area contributed by atoms with Crippen LogP contribution in [0.5, 0.6) is 0 Å². The highest BCUT2D eigenvalue weighted by atomic mass is 32.2. The number of hydrogen-bond acceptors (Lipinski definition) is 5. The van der Waals surface area contributed by atoms with Crippen molar-refractivity contribution in [3.8, 4) is 11.1 Å². The van der Waals surface area contributed by atoms with Crippen molar-refractivity contribution in [2.45, 2.75) is 37.4 Å². The molecule has 0 fully saturated rings. The Hall–Kier alpha value is -3.14. The maximum atomic E-state index is 13.0. The van der Waals surface area contributed by atoms with Crippen molar-refractivity contribution in [2.75, 3.05) is 24.2 Å². The van der Waals surface area contributed by atoms with Crippen molar-refractivity contribution in [3.63, 3.8) is 0 Å². The molecule has 36 heavy (non-hydrogen) atoms. The van der Waals surface area contributed by atoms with Crippen LogP contribution in [-0.2, 0) is 21.4 Å². The third-order valence-electron chi connectivity index (χ3n) is 5.96. The van der Waals surface area contributed by atoms with Gasteiger partial charge in [0.25, 0.3) is 0 Å². The van der Waals surface area contributed by atoms with Gasteiger partial charge in [0, 0.05) is 30.9 Å². The molecule has 1 heterocycles. The summed E-state index contributed by atoms with van der Waals surface area (Å²) in [6.45, 7) is 7.11. The number of para-hydroxylation sites is 1. The number of imidazole rings is 1. The first-order valence-corrected chi connectivity index (χ1v) is 14.4. The molecule has 0 radical (unpaired) electrons. The normalized spacial score (nSPS) is 11.8. The summed E-state index contributed by atoms with van der Waals surface area (Å²) in [5, 5.41) is 3.70. The highest BCUT2D eigenvalue weighted by Crippen LogP contribution is 2.29. The first kappa shape index (κ1) is 25.9. The molecule has 0 aliphatic carbocycles. The lowest BCUT2D eigenvalue weighted by atomic mass is 10.0. The lowest BCUT2D eigenvalue weighted by Gasteiger charge is -2.18. The van der Waals surface area contributed by atoms with Crippen molar-refractivity contribution in [3.05, 3.63) is 72.8 Å².